The van der Waals surface area contributed by atoms with Gasteiger partial charge in [0.05, 0.1) is 7.11 Å². The van der Waals surface area contributed by atoms with Crippen LogP contribution in [0.3, 0.4) is 0 Å². The molecule has 138 valence electrons. The molecule has 1 heterocycles. The Labute approximate surface area is 154 Å². The lowest BCUT2D eigenvalue weighted by Crippen LogP contribution is -2.29. The minimum atomic E-state index is -0.138. The van der Waals surface area contributed by atoms with Crippen molar-refractivity contribution in [2.75, 3.05) is 31.7 Å². The highest BCUT2D eigenvalue weighted by Gasteiger charge is 2.10. The molecule has 1 N–H and O–H groups in total. The van der Waals surface area contributed by atoms with Gasteiger partial charge in [0.15, 0.2) is 6.61 Å². The minimum Gasteiger partial charge on any atom is -0.497 e. The molecule has 0 atom stereocenters. The summed E-state index contributed by atoms with van der Waals surface area (Å²) in [5.74, 6) is 1.27. The topological polar surface area (TPSA) is 50.8 Å². The summed E-state index contributed by atoms with van der Waals surface area (Å²) in [5, 5.41) is 2.89. The number of piperidine rings is 1. The van der Waals surface area contributed by atoms with Crippen LogP contribution in [-0.4, -0.2) is 32.7 Å². The zero-order valence-corrected chi connectivity index (χ0v) is 15.2. The highest BCUT2D eigenvalue weighted by atomic mass is 16.5. The van der Waals surface area contributed by atoms with Crippen LogP contribution in [0.2, 0.25) is 0 Å². The van der Waals surface area contributed by atoms with E-state index in [1.165, 1.54) is 24.9 Å². The van der Waals surface area contributed by atoms with Gasteiger partial charge in [-0.1, -0.05) is 12.1 Å². The molecule has 1 aliphatic heterocycles. The van der Waals surface area contributed by atoms with E-state index in [1.807, 2.05) is 0 Å². The number of methoxy groups -OCH3 is 1. The van der Waals surface area contributed by atoms with Gasteiger partial charge in [-0.2, -0.15) is 0 Å². The Hall–Kier alpha value is -2.69. The molecule has 2 aromatic rings. The van der Waals surface area contributed by atoms with Gasteiger partial charge in [0, 0.05) is 25.3 Å². The van der Waals surface area contributed by atoms with Crippen LogP contribution >= 0.6 is 0 Å². The third-order valence-corrected chi connectivity index (χ3v) is 4.58. The van der Waals surface area contributed by atoms with E-state index in [2.05, 4.69) is 34.5 Å². The van der Waals surface area contributed by atoms with Crippen LogP contribution in [0.4, 0.5) is 5.69 Å². The lowest BCUT2D eigenvalue weighted by Gasteiger charge is -2.28. The molecule has 1 aliphatic rings. The molecular weight excluding hydrogens is 328 g/mol. The Bertz CT molecular complexity index is 692. The van der Waals surface area contributed by atoms with Crippen molar-refractivity contribution in [3.63, 3.8) is 0 Å². The Balaban J connectivity index is 1.42. The van der Waals surface area contributed by atoms with E-state index < -0.39 is 0 Å². The van der Waals surface area contributed by atoms with Crippen molar-refractivity contribution in [1.82, 2.24) is 5.32 Å². The number of benzene rings is 2. The maximum atomic E-state index is 12.0. The number of hydrogen-bond acceptors (Lipinski definition) is 4. The highest BCUT2D eigenvalue weighted by Crippen LogP contribution is 2.20. The summed E-state index contributed by atoms with van der Waals surface area (Å²) in [6.45, 7) is 2.78. The number of amides is 1. The first-order chi connectivity index (χ1) is 12.7. The fourth-order valence-electron chi connectivity index (χ4n) is 3.05. The fourth-order valence-corrected chi connectivity index (χ4v) is 3.05. The lowest BCUT2D eigenvalue weighted by molar-refractivity contribution is -0.123. The predicted octanol–water partition coefficient (Wildman–Crippen LogP) is 3.38. The van der Waals surface area contributed by atoms with Gasteiger partial charge >= 0.3 is 0 Å². The quantitative estimate of drug-likeness (QED) is 0.828. The summed E-state index contributed by atoms with van der Waals surface area (Å²) < 4.78 is 10.6. The van der Waals surface area contributed by atoms with Crippen molar-refractivity contribution in [3.05, 3.63) is 54.1 Å². The number of anilines is 1. The average Bonchev–Trinajstić information content (AvgIpc) is 2.72. The van der Waals surface area contributed by atoms with E-state index in [0.29, 0.717) is 12.3 Å². The zero-order chi connectivity index (χ0) is 18.2. The van der Waals surface area contributed by atoms with Crippen LogP contribution in [0.1, 0.15) is 24.8 Å². The van der Waals surface area contributed by atoms with Gasteiger partial charge in [-0.05, 0) is 61.2 Å². The average molecular weight is 354 g/mol. The van der Waals surface area contributed by atoms with Crippen molar-refractivity contribution in [2.45, 2.75) is 25.8 Å². The standard InChI is InChI=1S/C21H26N2O3/c1-25-19-9-11-20(12-10-19)26-16-21(24)22-15-17-5-7-18(8-6-17)23-13-3-2-4-14-23/h5-12H,2-4,13-16H2,1H3,(H,22,24). The number of carbonyl (C=O) groups excluding carboxylic acids is 1. The van der Waals surface area contributed by atoms with Crippen molar-refractivity contribution in [3.8, 4) is 11.5 Å². The van der Waals surface area contributed by atoms with Crippen LogP contribution in [-0.2, 0) is 11.3 Å². The smallest absolute Gasteiger partial charge is 0.258 e. The molecule has 0 radical (unpaired) electrons. The van der Waals surface area contributed by atoms with Crippen LogP contribution in [0, 0.1) is 0 Å². The second kappa shape index (κ2) is 9.13. The Morgan fingerprint density at radius 3 is 2.27 bits per heavy atom. The molecule has 1 amide bonds. The summed E-state index contributed by atoms with van der Waals surface area (Å²) in [7, 11) is 1.61. The number of hydrogen-bond donors (Lipinski definition) is 1. The highest BCUT2D eigenvalue weighted by molar-refractivity contribution is 5.77. The van der Waals surface area contributed by atoms with Crippen LogP contribution in [0.25, 0.3) is 0 Å². The van der Waals surface area contributed by atoms with Crippen molar-refractivity contribution >= 4 is 11.6 Å². The van der Waals surface area contributed by atoms with Gasteiger partial charge in [0.25, 0.3) is 5.91 Å². The van der Waals surface area contributed by atoms with Gasteiger partial charge < -0.3 is 19.7 Å². The Morgan fingerprint density at radius 2 is 1.62 bits per heavy atom. The molecule has 1 fully saturated rings. The monoisotopic (exact) mass is 354 g/mol. The molecule has 26 heavy (non-hydrogen) atoms. The summed E-state index contributed by atoms with van der Waals surface area (Å²) in [5.41, 5.74) is 2.35. The third kappa shape index (κ3) is 5.15. The molecule has 0 aromatic heterocycles. The molecule has 2 aromatic carbocycles. The van der Waals surface area contributed by atoms with Crippen molar-refractivity contribution in [2.24, 2.45) is 0 Å². The summed E-state index contributed by atoms with van der Waals surface area (Å²) in [6.07, 6.45) is 3.87. The second-order valence-corrected chi connectivity index (χ2v) is 6.46. The SMILES string of the molecule is COc1ccc(OCC(=O)NCc2ccc(N3CCCCC3)cc2)cc1. The van der Waals surface area contributed by atoms with Gasteiger partial charge in [0.2, 0.25) is 0 Å². The first-order valence-corrected chi connectivity index (χ1v) is 9.12. The van der Waals surface area contributed by atoms with Crippen LogP contribution < -0.4 is 19.7 Å². The number of nitrogens with one attached hydrogen (secondary N) is 1. The number of ether oxygens (including phenoxy) is 2. The van der Waals surface area contributed by atoms with E-state index in [-0.39, 0.29) is 12.5 Å². The van der Waals surface area contributed by atoms with E-state index in [1.54, 1.807) is 31.4 Å². The van der Waals surface area contributed by atoms with Gasteiger partial charge in [0.1, 0.15) is 11.5 Å². The molecule has 5 heteroatoms. The van der Waals surface area contributed by atoms with E-state index in [9.17, 15) is 4.79 Å². The molecule has 5 nitrogen and oxygen atoms in total. The molecule has 0 aliphatic carbocycles. The van der Waals surface area contributed by atoms with Gasteiger partial charge in [-0.25, -0.2) is 0 Å². The fraction of sp³-hybridized carbons (Fsp3) is 0.381. The van der Waals surface area contributed by atoms with Gasteiger partial charge in [-0.3, -0.25) is 4.79 Å². The Morgan fingerprint density at radius 1 is 0.962 bits per heavy atom. The second-order valence-electron chi connectivity index (χ2n) is 6.46. The number of carbonyl (C=O) groups is 1. The molecular formula is C21H26N2O3. The zero-order valence-electron chi connectivity index (χ0n) is 15.2. The predicted molar refractivity (Wildman–Crippen MR) is 103 cm³/mol. The minimum absolute atomic E-state index is 0.00180. The summed E-state index contributed by atoms with van der Waals surface area (Å²) >= 11 is 0. The molecule has 0 bridgehead atoms. The lowest BCUT2D eigenvalue weighted by atomic mass is 10.1. The van der Waals surface area contributed by atoms with Gasteiger partial charge in [-0.15, -0.1) is 0 Å². The first kappa shape index (κ1) is 18.1. The maximum Gasteiger partial charge on any atom is 0.258 e. The van der Waals surface area contributed by atoms with Crippen molar-refractivity contribution in [1.29, 1.82) is 0 Å². The van der Waals surface area contributed by atoms with Crippen LogP contribution in [0.15, 0.2) is 48.5 Å². The maximum absolute atomic E-state index is 12.0. The van der Waals surface area contributed by atoms with E-state index >= 15 is 0 Å². The largest absolute Gasteiger partial charge is 0.497 e. The summed E-state index contributed by atoms with van der Waals surface area (Å²) in [6, 6.07) is 15.6. The molecule has 0 unspecified atom stereocenters. The summed E-state index contributed by atoms with van der Waals surface area (Å²) in [4.78, 5) is 14.4. The van der Waals surface area contributed by atoms with Crippen molar-refractivity contribution < 1.29 is 14.3 Å². The first-order valence-electron chi connectivity index (χ1n) is 9.12. The molecule has 0 spiro atoms. The van der Waals surface area contributed by atoms with Crippen LogP contribution in [0.5, 0.6) is 11.5 Å². The molecule has 3 rings (SSSR count). The van der Waals surface area contributed by atoms with E-state index in [4.69, 9.17) is 9.47 Å². The molecule has 1 saturated heterocycles. The van der Waals surface area contributed by atoms with E-state index in [0.717, 1.165) is 24.4 Å². The molecule has 0 saturated carbocycles. The third-order valence-electron chi connectivity index (χ3n) is 4.58. The normalized spacial score (nSPS) is 14.0. The number of nitrogens with zero attached hydrogens (tertiary/aromatic N) is 1. The Kier molecular flexibility index (Phi) is 6.36. The number of rotatable bonds is 7.